The minimum atomic E-state index is -0.346. The van der Waals surface area contributed by atoms with Gasteiger partial charge in [0.15, 0.2) is 0 Å². The molecular weight excluding hydrogens is 574 g/mol. The summed E-state index contributed by atoms with van der Waals surface area (Å²) in [7, 11) is 0. The Bertz CT molecular complexity index is 1400. The van der Waals surface area contributed by atoms with Crippen LogP contribution in [-0.4, -0.2) is 77.9 Å². The Balaban J connectivity index is 0.994. The molecular formula is C38H50N5O3. The predicted octanol–water partition coefficient (Wildman–Crippen LogP) is 5.41. The van der Waals surface area contributed by atoms with Crippen LogP contribution in [0.15, 0.2) is 42.5 Å². The van der Waals surface area contributed by atoms with Gasteiger partial charge in [-0.05, 0) is 111 Å². The number of nitrogens with one attached hydrogen (secondary N) is 1. The average molecular weight is 625 g/mol. The van der Waals surface area contributed by atoms with Crippen LogP contribution in [0.2, 0.25) is 0 Å². The molecule has 0 aromatic heterocycles. The Morgan fingerprint density at radius 2 is 1.50 bits per heavy atom. The second-order valence-electron chi connectivity index (χ2n) is 14.4. The van der Waals surface area contributed by atoms with Crippen molar-refractivity contribution in [2.24, 2.45) is 17.8 Å². The molecule has 3 fully saturated rings. The van der Waals surface area contributed by atoms with E-state index >= 15 is 0 Å². The van der Waals surface area contributed by atoms with Gasteiger partial charge in [0.2, 0.25) is 11.8 Å². The van der Waals surface area contributed by atoms with Gasteiger partial charge in [0, 0.05) is 64.0 Å². The summed E-state index contributed by atoms with van der Waals surface area (Å²) in [5.41, 5.74) is 6.07. The van der Waals surface area contributed by atoms with Crippen molar-refractivity contribution >= 4 is 23.5 Å². The molecule has 0 bridgehead atoms. The number of aryl methyl sites for hydroxylation is 2. The Morgan fingerprint density at radius 3 is 2.28 bits per heavy atom. The van der Waals surface area contributed by atoms with Crippen LogP contribution in [0.25, 0.3) is 0 Å². The molecule has 1 unspecified atom stereocenters. The van der Waals surface area contributed by atoms with Crippen LogP contribution in [0.4, 0.5) is 10.5 Å². The number of fused-ring (bicyclic) bond motifs is 2. The van der Waals surface area contributed by atoms with Gasteiger partial charge < -0.3 is 20.0 Å². The normalized spacial score (nSPS) is 22.2. The summed E-state index contributed by atoms with van der Waals surface area (Å²) < 4.78 is 0. The first-order valence-corrected chi connectivity index (χ1v) is 18.0. The van der Waals surface area contributed by atoms with Crippen molar-refractivity contribution in [3.05, 3.63) is 64.7 Å². The number of hydrogen-bond donors (Lipinski definition) is 1. The lowest BCUT2D eigenvalue weighted by molar-refractivity contribution is -0.143. The number of nitrogens with zero attached hydrogens (tertiary/aromatic N) is 4. The van der Waals surface area contributed by atoms with Gasteiger partial charge in [-0.15, -0.1) is 0 Å². The molecule has 5 aliphatic rings. The van der Waals surface area contributed by atoms with E-state index in [9.17, 15) is 14.4 Å². The van der Waals surface area contributed by atoms with E-state index in [1.54, 1.807) is 0 Å². The summed E-state index contributed by atoms with van der Waals surface area (Å²) in [6.07, 6.45) is 11.6. The third-order valence-electron chi connectivity index (χ3n) is 11.6. The van der Waals surface area contributed by atoms with Crippen molar-refractivity contribution in [1.29, 1.82) is 0 Å². The van der Waals surface area contributed by atoms with Gasteiger partial charge in [0.25, 0.3) is 0 Å². The predicted molar refractivity (Wildman–Crippen MR) is 179 cm³/mol. The van der Waals surface area contributed by atoms with E-state index in [2.05, 4.69) is 39.8 Å². The van der Waals surface area contributed by atoms with Gasteiger partial charge in [-0.25, -0.2) is 10.1 Å². The fraction of sp³-hybridized carbons (Fsp3) is 0.605. The first-order valence-electron chi connectivity index (χ1n) is 18.0. The van der Waals surface area contributed by atoms with E-state index < -0.39 is 0 Å². The largest absolute Gasteiger partial charge is 0.343 e. The molecule has 0 spiro atoms. The molecule has 1 N–H and O–H groups in total. The summed E-state index contributed by atoms with van der Waals surface area (Å²) >= 11 is 0. The molecule has 46 heavy (non-hydrogen) atoms. The van der Waals surface area contributed by atoms with E-state index in [1.165, 1.54) is 42.4 Å². The molecule has 7 rings (SSSR count). The highest BCUT2D eigenvalue weighted by Gasteiger charge is 2.36. The number of piperidine rings is 3. The lowest BCUT2D eigenvalue weighted by Crippen LogP contribution is -2.51. The van der Waals surface area contributed by atoms with Crippen LogP contribution < -0.4 is 10.6 Å². The van der Waals surface area contributed by atoms with Crippen LogP contribution in [0.1, 0.15) is 80.0 Å². The first kappa shape index (κ1) is 31.2. The molecule has 1 aliphatic carbocycles. The van der Waals surface area contributed by atoms with Crippen molar-refractivity contribution in [3.8, 4) is 0 Å². The Kier molecular flexibility index (Phi) is 9.61. The molecule has 4 amide bonds. The number of anilines is 1. The van der Waals surface area contributed by atoms with E-state index in [0.29, 0.717) is 32.0 Å². The minimum Gasteiger partial charge on any atom is -0.343 e. The van der Waals surface area contributed by atoms with E-state index in [1.807, 2.05) is 28.0 Å². The number of carbonyl (C=O) groups is 3. The average Bonchev–Trinajstić information content (AvgIpc) is 3.11. The molecule has 4 heterocycles. The smallest absolute Gasteiger partial charge is 0.322 e. The highest BCUT2D eigenvalue weighted by atomic mass is 16.2. The molecule has 3 saturated heterocycles. The number of hydrogen-bond acceptors (Lipinski definition) is 3. The Labute approximate surface area is 274 Å². The molecule has 4 aliphatic heterocycles. The molecule has 2 aromatic rings. The second kappa shape index (κ2) is 14.2. The summed E-state index contributed by atoms with van der Waals surface area (Å²) in [4.78, 5) is 46.9. The maximum Gasteiger partial charge on any atom is 0.322 e. The van der Waals surface area contributed by atoms with Crippen LogP contribution >= 0.6 is 0 Å². The fourth-order valence-electron chi connectivity index (χ4n) is 8.82. The maximum absolute atomic E-state index is 14.2. The third-order valence-corrected chi connectivity index (χ3v) is 11.6. The molecule has 1 radical (unpaired) electrons. The van der Waals surface area contributed by atoms with Crippen LogP contribution in [0.3, 0.4) is 0 Å². The SMILES string of the molecule is O=C(CC(Cc1ccc2c(c1)CCCC2)C(=O)N1CCC(C2CC[N]CC2)CC1)N1CCC(N2Cc3ccccc3NC2=O)CC1. The van der Waals surface area contributed by atoms with E-state index in [0.717, 1.165) is 81.9 Å². The fourth-order valence-corrected chi connectivity index (χ4v) is 8.82. The molecule has 0 saturated carbocycles. The number of urea groups is 1. The Morgan fingerprint density at radius 1 is 0.804 bits per heavy atom. The van der Waals surface area contributed by atoms with Crippen molar-refractivity contribution in [2.45, 2.75) is 89.6 Å². The highest BCUT2D eigenvalue weighted by Crippen LogP contribution is 2.33. The number of amides is 4. The second-order valence-corrected chi connectivity index (χ2v) is 14.4. The lowest BCUT2D eigenvalue weighted by atomic mass is 9.79. The zero-order valence-corrected chi connectivity index (χ0v) is 27.3. The molecule has 8 nitrogen and oxygen atoms in total. The van der Waals surface area contributed by atoms with Gasteiger partial charge >= 0.3 is 6.03 Å². The van der Waals surface area contributed by atoms with Gasteiger partial charge in [-0.2, -0.15) is 0 Å². The topological polar surface area (TPSA) is 87.1 Å². The van der Waals surface area contributed by atoms with E-state index in [-0.39, 0.29) is 36.2 Å². The number of benzene rings is 2. The number of likely N-dealkylation sites (tertiary alicyclic amines) is 2. The third kappa shape index (κ3) is 6.97. The molecule has 2 aromatic carbocycles. The molecule has 1 atom stereocenters. The minimum absolute atomic E-state index is 0.0542. The van der Waals surface area contributed by atoms with Crippen molar-refractivity contribution < 1.29 is 14.4 Å². The van der Waals surface area contributed by atoms with Crippen molar-refractivity contribution in [1.82, 2.24) is 20.0 Å². The van der Waals surface area contributed by atoms with Gasteiger partial charge in [0.05, 0.1) is 5.92 Å². The van der Waals surface area contributed by atoms with Crippen LogP contribution in [0, 0.1) is 17.8 Å². The number of rotatable bonds is 7. The molecule has 8 heteroatoms. The maximum atomic E-state index is 14.2. The summed E-state index contributed by atoms with van der Waals surface area (Å²) in [5.74, 6) is 1.32. The summed E-state index contributed by atoms with van der Waals surface area (Å²) in [5, 5.41) is 7.57. The quantitative estimate of drug-likeness (QED) is 0.447. The van der Waals surface area contributed by atoms with Crippen molar-refractivity contribution in [2.75, 3.05) is 44.6 Å². The highest BCUT2D eigenvalue weighted by molar-refractivity contribution is 5.92. The van der Waals surface area contributed by atoms with Crippen LogP contribution in [0.5, 0.6) is 0 Å². The van der Waals surface area contributed by atoms with Crippen molar-refractivity contribution in [3.63, 3.8) is 0 Å². The summed E-state index contributed by atoms with van der Waals surface area (Å²) in [6, 6.07) is 14.8. The number of para-hydroxylation sites is 1. The van der Waals surface area contributed by atoms with Gasteiger partial charge in [-0.1, -0.05) is 36.4 Å². The summed E-state index contributed by atoms with van der Waals surface area (Å²) in [6.45, 7) is 5.43. The zero-order chi connectivity index (χ0) is 31.5. The van der Waals surface area contributed by atoms with E-state index in [4.69, 9.17) is 0 Å². The van der Waals surface area contributed by atoms with Gasteiger partial charge in [0.1, 0.15) is 0 Å². The first-order chi connectivity index (χ1) is 22.5. The lowest BCUT2D eigenvalue weighted by Gasteiger charge is -2.41. The number of carbonyl (C=O) groups excluding carboxylic acids is 3. The standard InChI is InChI=1S/C38H50N5O3/c44-36(41-21-15-34(16-22-41)43-26-32-7-3-4-8-35(32)40-38(43)46)25-33(24-27-9-10-28-5-1-2-6-31(28)23-27)37(45)42-19-13-30(14-20-42)29-11-17-39-18-12-29/h3-4,7-10,23,29-30,33-34H,1-2,5-6,11-22,24-26H2,(H,40,46). The zero-order valence-electron chi connectivity index (χ0n) is 27.3. The monoisotopic (exact) mass is 624 g/mol. The van der Waals surface area contributed by atoms with Gasteiger partial charge in [-0.3, -0.25) is 9.59 Å². The van der Waals surface area contributed by atoms with Crippen LogP contribution in [-0.2, 0) is 35.4 Å². The Hall–Kier alpha value is -3.39. The molecule has 245 valence electrons.